The number of anilines is 2. The van der Waals surface area contributed by atoms with Gasteiger partial charge >= 0.3 is 12.6 Å². The van der Waals surface area contributed by atoms with Crippen molar-refractivity contribution < 1.29 is 169 Å². The molecule has 608 valence electrons. The van der Waals surface area contributed by atoms with E-state index in [0.29, 0.717) is 36.4 Å². The summed E-state index contributed by atoms with van der Waals surface area (Å²) in [7, 11) is 3.35. The minimum Gasteiger partial charge on any atom is -0.497 e. The molecule has 0 fully saturated rings. The summed E-state index contributed by atoms with van der Waals surface area (Å²) in [4.78, 5) is 58.9. The van der Waals surface area contributed by atoms with Crippen LogP contribution in [-0.4, -0.2) is 50.4 Å². The number of hydrogen-bond donors (Lipinski definition) is 0. The fourth-order valence-electron chi connectivity index (χ4n) is 14.2. The Morgan fingerprint density at radius 3 is 0.610 bits per heavy atom. The van der Waals surface area contributed by atoms with Crippen molar-refractivity contribution in [2.45, 2.75) is 13.8 Å². The van der Waals surface area contributed by atoms with E-state index < -0.39 is 297 Å². The summed E-state index contributed by atoms with van der Waals surface area (Å²) in [5.74, 6) is -108. The molecule has 2 aliphatic heterocycles. The molecule has 14 rings (SSSR count). The number of nitrogens with zero attached hydrogens (tertiary/aromatic N) is 4. The van der Waals surface area contributed by atoms with Gasteiger partial charge in [0, 0.05) is 33.0 Å². The molecule has 0 atom stereocenters. The SMILES string of the molecule is COc1cccc(C)c1.COc1cccc(C)c1.O=C1c2ccc3c4c(ccc(c24)C(=O)N1c1ccc[n+]([B-](c2c(F)c(F)c(F)c(F)c2F)(c2c(F)c(F)c(F)c(F)c2F)c2c(F)c(F)c(F)c(F)c2F)c1)C(=O)N(c1ccc[n+]([B-](c2c(F)c(F)c(F)c(F)c2F)(c2c(F)c(F)c(F)c(F)c2F)c2c(F)c(F)c(F)c(F)c2F)c1)C3=O. The first-order valence-corrected chi connectivity index (χ1v) is 32.5. The van der Waals surface area contributed by atoms with Crippen molar-refractivity contribution in [1.82, 2.24) is 0 Å². The Kier molecular flexibility index (Phi) is 21.9. The van der Waals surface area contributed by atoms with E-state index in [1.165, 1.54) is 11.1 Å². The lowest BCUT2D eigenvalue weighted by molar-refractivity contribution is -0.539. The van der Waals surface area contributed by atoms with Crippen molar-refractivity contribution in [3.05, 3.63) is 330 Å². The molecule has 0 spiro atoms. The van der Waals surface area contributed by atoms with Crippen LogP contribution in [0.3, 0.4) is 0 Å². The number of rotatable bonds is 12. The van der Waals surface area contributed by atoms with Gasteiger partial charge in [-0.3, -0.25) is 19.2 Å². The van der Waals surface area contributed by atoms with Crippen molar-refractivity contribution in [2.75, 3.05) is 24.0 Å². The molecular formula is C76H32B2F30N4O6. The lowest BCUT2D eigenvalue weighted by atomic mass is 9.23. The number of methoxy groups -OCH3 is 2. The number of carbonyl (C=O) groups is 4. The Hall–Kier alpha value is -13.3. The Morgan fingerprint density at radius 1 is 0.254 bits per heavy atom. The third-order valence-corrected chi connectivity index (χ3v) is 19.3. The second-order valence-electron chi connectivity index (χ2n) is 25.6. The normalized spacial score (nSPS) is 12.7. The predicted molar refractivity (Wildman–Crippen MR) is 352 cm³/mol. The van der Waals surface area contributed by atoms with Crippen LogP contribution in [-0.2, 0) is 0 Å². The molecule has 2 aromatic heterocycles. The van der Waals surface area contributed by atoms with Gasteiger partial charge in [0.25, 0.3) is 23.6 Å². The van der Waals surface area contributed by atoms with Gasteiger partial charge in [0.05, 0.1) is 14.2 Å². The number of pyridine rings is 2. The number of hydrogen-bond acceptors (Lipinski definition) is 6. The number of aromatic nitrogens is 2. The van der Waals surface area contributed by atoms with Crippen LogP contribution < -0.4 is 61.0 Å². The third-order valence-electron chi connectivity index (χ3n) is 19.3. The number of aryl methyl sites for hydroxylation is 2. The average Bonchev–Trinajstić information content (AvgIpc) is 0.691. The van der Waals surface area contributed by atoms with Crippen molar-refractivity contribution in [3.63, 3.8) is 0 Å². The summed E-state index contributed by atoms with van der Waals surface area (Å²) >= 11 is 0. The third kappa shape index (κ3) is 12.4. The highest BCUT2D eigenvalue weighted by atomic mass is 19.2. The fraction of sp³-hybridized carbons (Fsp3) is 0.0526. The quantitative estimate of drug-likeness (QED) is 0.0397. The fourth-order valence-corrected chi connectivity index (χ4v) is 14.2. The van der Waals surface area contributed by atoms with Crippen molar-refractivity contribution in [1.29, 1.82) is 0 Å². The van der Waals surface area contributed by atoms with Crippen molar-refractivity contribution >= 4 is 91.1 Å². The number of amides is 4. The first-order chi connectivity index (χ1) is 55.5. The highest BCUT2D eigenvalue weighted by molar-refractivity contribution is 7.06. The molecule has 0 saturated carbocycles. The Bertz CT molecular complexity index is 5480. The molecular weight excluding hydrogens is 1660 g/mol. The van der Waals surface area contributed by atoms with Crippen LogP contribution in [0.25, 0.3) is 10.8 Å². The second kappa shape index (κ2) is 30.7. The minimum atomic E-state index is -6.65. The van der Waals surface area contributed by atoms with Crippen LogP contribution >= 0.6 is 0 Å². The van der Waals surface area contributed by atoms with Gasteiger partial charge < -0.3 is 18.4 Å². The summed E-state index contributed by atoms with van der Waals surface area (Å²) < 4.78 is 482. The zero-order valence-corrected chi connectivity index (χ0v) is 58.3. The monoisotopic (exact) mass is 1690 g/mol. The topological polar surface area (TPSA) is 101 Å². The molecule has 2 aliphatic rings. The molecule has 118 heavy (non-hydrogen) atoms. The maximum absolute atomic E-state index is 16.6. The van der Waals surface area contributed by atoms with Crippen LogP contribution in [0.15, 0.2) is 122 Å². The number of ether oxygens (including phenoxy) is 2. The van der Waals surface area contributed by atoms with E-state index in [0.717, 1.165) is 11.5 Å². The summed E-state index contributed by atoms with van der Waals surface area (Å²) in [5.41, 5.74) is -23.5. The summed E-state index contributed by atoms with van der Waals surface area (Å²) in [6.07, 6.45) is -14.0. The molecule has 0 aliphatic carbocycles. The molecule has 0 radical (unpaired) electrons. The van der Waals surface area contributed by atoms with Gasteiger partial charge in [-0.2, -0.15) is 0 Å². The van der Waals surface area contributed by atoms with E-state index in [1.807, 2.05) is 62.4 Å². The lowest BCUT2D eigenvalue weighted by Gasteiger charge is -2.38. The van der Waals surface area contributed by atoms with E-state index in [1.54, 1.807) is 14.2 Å². The van der Waals surface area contributed by atoms with Crippen LogP contribution in [0.1, 0.15) is 52.6 Å². The highest BCUT2D eigenvalue weighted by Crippen LogP contribution is 2.41. The van der Waals surface area contributed by atoms with Gasteiger partial charge in [-0.1, -0.05) is 24.3 Å². The van der Waals surface area contributed by atoms with Gasteiger partial charge in [-0.25, -0.2) is 142 Å². The second-order valence-corrected chi connectivity index (χ2v) is 25.6. The molecule has 0 N–H and O–H groups in total. The van der Waals surface area contributed by atoms with Crippen LogP contribution in [0.2, 0.25) is 0 Å². The van der Waals surface area contributed by atoms with Gasteiger partial charge in [-0.05, 0) is 131 Å². The summed E-state index contributed by atoms with van der Waals surface area (Å²) in [6, 6.07) is 19.1. The van der Waals surface area contributed by atoms with Crippen LogP contribution in [0.4, 0.5) is 143 Å². The maximum atomic E-state index is 16.6. The number of benzene rings is 10. The standard InChI is InChI=1S/C60H12B2F30N4O4.2C8H10O/c63-27-21(28(64)40(76)51(87)39(27)75)61(22-29(65)41(77)52(88)42(78)30(22)66,23-31(67)43(79)53(89)44(80)32(23)68)93-9-1-3-13(11-93)95-57(97)15-5-7-17-20-18(8-6-16(19(15)20)58(95)98)60(100)96(59(17)99)14-4-2-10-94(12-14)62(24-33(69)45(81)54(90)46(82)34(24)70,25-35(71)47(83)55(91)48(84)36(25)72)26-37(73)49(85)56(92)50(86)38(26)74;2*1-7-4-3-5-8(6-7)9-2/h1-12H;2*3-6H,1-2H3. The van der Waals surface area contributed by atoms with Gasteiger partial charge in [0.2, 0.25) is 0 Å². The molecule has 0 unspecified atom stereocenters. The molecule has 0 bridgehead atoms. The smallest absolute Gasteiger partial charge is 0.377 e. The van der Waals surface area contributed by atoms with Crippen molar-refractivity contribution in [2.24, 2.45) is 0 Å². The number of carbonyl (C=O) groups excluding carboxylic acids is 4. The Labute approximate surface area is 637 Å². The number of halogens is 30. The molecule has 42 heteroatoms. The predicted octanol–water partition coefficient (Wildman–Crippen LogP) is 14.2. The molecule has 0 saturated heterocycles. The molecule has 4 heterocycles. The number of imide groups is 2. The largest absolute Gasteiger partial charge is 0.497 e. The highest BCUT2D eigenvalue weighted by Gasteiger charge is 2.60. The maximum Gasteiger partial charge on any atom is 0.377 e. The first-order valence-electron chi connectivity index (χ1n) is 32.5. The van der Waals surface area contributed by atoms with Gasteiger partial charge in [0.15, 0.2) is 105 Å². The summed E-state index contributed by atoms with van der Waals surface area (Å²) in [5, 5.41) is -1.80. The molecule has 10 nitrogen and oxygen atoms in total. The Morgan fingerprint density at radius 2 is 0.441 bits per heavy atom. The van der Waals surface area contributed by atoms with E-state index >= 15 is 105 Å². The van der Waals surface area contributed by atoms with Crippen LogP contribution in [0.5, 0.6) is 11.5 Å². The lowest BCUT2D eigenvalue weighted by Crippen LogP contribution is -2.88. The average molecular weight is 1690 g/mol. The zero-order chi connectivity index (χ0) is 86.9. The first kappa shape index (κ1) is 84.1. The van der Waals surface area contributed by atoms with E-state index in [9.17, 15) is 45.5 Å². The minimum absolute atomic E-state index is 0.0924. The van der Waals surface area contributed by atoms with Gasteiger partial charge in [-0.15, -0.1) is 0 Å². The molecule has 10 aromatic carbocycles. The zero-order valence-electron chi connectivity index (χ0n) is 58.3. The molecule has 4 amide bonds. The Balaban J connectivity index is 0.000000628. The van der Waals surface area contributed by atoms with E-state index in [-0.39, 0.29) is 46.7 Å². The molecule has 12 aromatic rings. The van der Waals surface area contributed by atoms with E-state index in [4.69, 9.17) is 9.47 Å². The summed E-state index contributed by atoms with van der Waals surface area (Å²) in [6.45, 7) is 4.09. The van der Waals surface area contributed by atoms with Crippen molar-refractivity contribution in [3.8, 4) is 11.5 Å². The van der Waals surface area contributed by atoms with Gasteiger partial charge in [0.1, 0.15) is 117 Å². The van der Waals surface area contributed by atoms with Crippen LogP contribution in [0, 0.1) is 188 Å². The van der Waals surface area contributed by atoms with E-state index in [2.05, 4.69) is 0 Å².